The Morgan fingerprint density at radius 3 is 2.31 bits per heavy atom. The summed E-state index contributed by atoms with van der Waals surface area (Å²) in [7, 11) is 0. The molecule has 0 amide bonds. The van der Waals surface area contributed by atoms with E-state index in [0.29, 0.717) is 0 Å². The minimum absolute atomic E-state index is 0. The van der Waals surface area contributed by atoms with Gasteiger partial charge in [0.2, 0.25) is 0 Å². The van der Waals surface area contributed by atoms with Gasteiger partial charge in [-0.15, -0.1) is 12.1 Å². The van der Waals surface area contributed by atoms with Gasteiger partial charge in [0, 0.05) is 32.7 Å². The fourth-order valence-electron chi connectivity index (χ4n) is 0.927. The third kappa shape index (κ3) is 6.83. The summed E-state index contributed by atoms with van der Waals surface area (Å²) in [5.74, 6) is -0.0799. The van der Waals surface area contributed by atoms with E-state index in [-0.39, 0.29) is 59.7 Å². The third-order valence-electron chi connectivity index (χ3n) is 1.77. The molecule has 4 heteroatoms. The van der Waals surface area contributed by atoms with Crippen molar-refractivity contribution in [2.24, 2.45) is 10.9 Å². The molecule has 0 saturated carbocycles. The minimum Gasteiger partial charge on any atom is -0.540 e. The van der Waals surface area contributed by atoms with Gasteiger partial charge < -0.3 is 16.7 Å². The summed E-state index contributed by atoms with van der Waals surface area (Å²) in [5, 5.41) is 0. The predicted octanol–water partition coefficient (Wildman–Crippen LogP) is 1.93. The van der Waals surface area contributed by atoms with Crippen LogP contribution in [-0.2, 0) is 58.6 Å². The number of hydrogen-bond acceptors (Lipinski definition) is 2. The first kappa shape index (κ1) is 18.7. The van der Waals surface area contributed by atoms with Crippen LogP contribution in [0.25, 0.3) is 0 Å². The van der Waals surface area contributed by atoms with Gasteiger partial charge in [0.15, 0.2) is 0 Å². The number of benzene rings is 1. The predicted molar refractivity (Wildman–Crippen MR) is 57.0 cm³/mol. The Bertz CT molecular complexity index is 314. The average molecular weight is 459 g/mol. The maximum atomic E-state index is 10.5. The van der Waals surface area contributed by atoms with Gasteiger partial charge in [-0.3, -0.25) is 0 Å². The third-order valence-corrected chi connectivity index (χ3v) is 1.77. The van der Waals surface area contributed by atoms with Crippen LogP contribution in [0.3, 0.4) is 0 Å². The standard InChI is InChI=1S/C12H12NO.W.Y/c1-10(2)12(9-14)13-8-11-6-4-3-5-7-11;;/h3-7,10,12H,1H2,2H3;;/q-3;+2;. The van der Waals surface area contributed by atoms with Gasteiger partial charge in [0.1, 0.15) is 0 Å². The maximum absolute atomic E-state index is 10.5. The number of nitrogens with zero attached hydrogens (tertiary/aromatic N) is 1. The Morgan fingerprint density at radius 1 is 1.31 bits per heavy atom. The first-order valence-electron chi connectivity index (χ1n) is 4.45. The van der Waals surface area contributed by atoms with Crippen molar-refractivity contribution in [2.75, 3.05) is 0 Å². The molecule has 0 saturated heterocycles. The Morgan fingerprint density at radius 2 is 1.88 bits per heavy atom. The zero-order valence-electron chi connectivity index (χ0n) is 9.09. The van der Waals surface area contributed by atoms with E-state index < -0.39 is 6.04 Å². The van der Waals surface area contributed by atoms with Crippen LogP contribution in [0.1, 0.15) is 12.5 Å². The molecule has 2 nitrogen and oxygen atoms in total. The summed E-state index contributed by atoms with van der Waals surface area (Å²) in [5.41, 5.74) is 0.855. The number of hydrogen-bond donors (Lipinski definition) is 0. The summed E-state index contributed by atoms with van der Waals surface area (Å²) in [6.45, 7) is 5.55. The molecule has 1 radical (unpaired) electrons. The molecule has 0 aliphatic rings. The Labute approximate surface area is 136 Å². The van der Waals surface area contributed by atoms with Crippen molar-refractivity contribution in [2.45, 2.75) is 13.0 Å². The van der Waals surface area contributed by atoms with Gasteiger partial charge in [-0.1, -0.05) is 25.2 Å². The van der Waals surface area contributed by atoms with Crippen molar-refractivity contribution >= 4 is 12.5 Å². The van der Waals surface area contributed by atoms with Gasteiger partial charge >= 0.3 is 21.1 Å². The average Bonchev–Trinajstić information content (AvgIpc) is 2.20. The molecule has 0 aromatic heterocycles. The first-order chi connectivity index (χ1) is 6.74. The van der Waals surface area contributed by atoms with E-state index in [0.717, 1.165) is 5.56 Å². The molecule has 0 aliphatic carbocycles. The van der Waals surface area contributed by atoms with Crippen molar-refractivity contribution in [1.29, 1.82) is 0 Å². The van der Waals surface area contributed by atoms with E-state index in [1.54, 1.807) is 0 Å². The maximum Gasteiger partial charge on any atom is 2.00 e. The van der Waals surface area contributed by atoms with Gasteiger partial charge in [0.25, 0.3) is 0 Å². The molecule has 2 unspecified atom stereocenters. The second-order valence-electron chi connectivity index (χ2n) is 3.15. The normalized spacial score (nSPS) is 13.4. The van der Waals surface area contributed by atoms with Crippen LogP contribution in [0.5, 0.6) is 0 Å². The van der Waals surface area contributed by atoms with E-state index in [2.05, 4.69) is 18.1 Å². The SMILES string of the molecule is [CH2-]C(C)C([C-]=O)N=[C-]c1ccccc1.[W+2].[Y]. The molecule has 0 spiro atoms. The largest absolute Gasteiger partial charge is 2.00 e. The molecular weight excluding hydrogens is 447 g/mol. The number of aliphatic imine (C=N–C) groups is 1. The van der Waals surface area contributed by atoms with Crippen LogP contribution in [0.2, 0.25) is 0 Å². The second kappa shape index (κ2) is 10.5. The van der Waals surface area contributed by atoms with E-state index >= 15 is 0 Å². The zero-order valence-corrected chi connectivity index (χ0v) is 14.9. The molecule has 1 aromatic carbocycles. The smallest absolute Gasteiger partial charge is 0.540 e. The van der Waals surface area contributed by atoms with Crippen LogP contribution < -0.4 is 0 Å². The molecule has 1 rings (SSSR count). The van der Waals surface area contributed by atoms with Gasteiger partial charge in [-0.2, -0.15) is 23.6 Å². The number of carbonyl (C=O) groups excluding carboxylic acids is 1. The van der Waals surface area contributed by atoms with Gasteiger partial charge in [-0.05, 0) is 0 Å². The van der Waals surface area contributed by atoms with Crippen molar-refractivity contribution in [3.8, 4) is 0 Å². The molecule has 81 valence electrons. The number of rotatable bonds is 4. The zero-order chi connectivity index (χ0) is 10.4. The monoisotopic (exact) mass is 459 g/mol. The molecular formula is C12H12NOWY-. The fraction of sp³-hybridized carbons (Fsp3) is 0.250. The van der Waals surface area contributed by atoms with Crippen LogP contribution >= 0.6 is 0 Å². The Kier molecular flexibility index (Phi) is 12.3. The summed E-state index contributed by atoms with van der Waals surface area (Å²) in [6.07, 6.45) is 4.63. The van der Waals surface area contributed by atoms with Crippen molar-refractivity contribution in [3.63, 3.8) is 0 Å². The quantitative estimate of drug-likeness (QED) is 0.501. The molecule has 2 atom stereocenters. The summed E-state index contributed by atoms with van der Waals surface area (Å²) < 4.78 is 0. The molecule has 0 aliphatic heterocycles. The van der Waals surface area contributed by atoms with Crippen LogP contribution in [0, 0.1) is 12.8 Å². The van der Waals surface area contributed by atoms with Crippen molar-refractivity contribution < 1.29 is 58.6 Å². The molecule has 16 heavy (non-hydrogen) atoms. The summed E-state index contributed by atoms with van der Waals surface area (Å²) in [4.78, 5) is 14.4. The molecule has 0 fully saturated rings. The van der Waals surface area contributed by atoms with E-state index in [4.69, 9.17) is 0 Å². The van der Waals surface area contributed by atoms with Crippen molar-refractivity contribution in [1.82, 2.24) is 0 Å². The van der Waals surface area contributed by atoms with Gasteiger partial charge in [0.05, 0.1) is 0 Å². The van der Waals surface area contributed by atoms with Crippen LogP contribution in [0.15, 0.2) is 35.3 Å². The Hall–Kier alpha value is 0.352. The molecule has 1 aromatic rings. The molecule has 0 bridgehead atoms. The van der Waals surface area contributed by atoms with Crippen molar-refractivity contribution in [3.05, 3.63) is 42.8 Å². The summed E-state index contributed by atoms with van der Waals surface area (Å²) in [6, 6.07) is 8.93. The molecule has 0 N–H and O–H groups in total. The van der Waals surface area contributed by atoms with E-state index in [1.807, 2.05) is 43.5 Å². The van der Waals surface area contributed by atoms with E-state index in [1.165, 1.54) is 0 Å². The minimum atomic E-state index is -0.518. The summed E-state index contributed by atoms with van der Waals surface area (Å²) >= 11 is 0. The van der Waals surface area contributed by atoms with E-state index in [9.17, 15) is 4.79 Å². The fourth-order valence-corrected chi connectivity index (χ4v) is 0.927. The van der Waals surface area contributed by atoms with Gasteiger partial charge in [-0.25, -0.2) is 6.29 Å². The Balaban J connectivity index is 0. The van der Waals surface area contributed by atoms with Crippen LogP contribution in [0.4, 0.5) is 0 Å². The topological polar surface area (TPSA) is 29.4 Å². The second-order valence-corrected chi connectivity index (χ2v) is 3.15. The molecule has 0 heterocycles. The first-order valence-corrected chi connectivity index (χ1v) is 4.45. The van der Waals surface area contributed by atoms with Crippen LogP contribution in [-0.4, -0.2) is 18.5 Å².